The van der Waals surface area contributed by atoms with Crippen LogP contribution in [0.1, 0.15) is 26.7 Å². The third-order valence-corrected chi connectivity index (χ3v) is 3.64. The Morgan fingerprint density at radius 3 is 2.30 bits per heavy atom. The Bertz CT molecular complexity index is 510. The fraction of sp³-hybridized carbons (Fsp3) is 0.333. The van der Waals surface area contributed by atoms with Gasteiger partial charge in [0.25, 0.3) is 0 Å². The zero-order valence-electron chi connectivity index (χ0n) is 12.5. The molecule has 0 spiro atoms. The summed E-state index contributed by atoms with van der Waals surface area (Å²) >= 11 is 0. The highest BCUT2D eigenvalue weighted by atomic mass is 16.5. The van der Waals surface area contributed by atoms with Gasteiger partial charge in [-0.1, -0.05) is 80.1 Å². The minimum absolute atomic E-state index is 0.430. The van der Waals surface area contributed by atoms with Gasteiger partial charge in [0, 0.05) is 0 Å². The van der Waals surface area contributed by atoms with Gasteiger partial charge in [-0.05, 0) is 18.5 Å². The van der Waals surface area contributed by atoms with Crippen molar-refractivity contribution in [3.05, 3.63) is 54.6 Å². The highest BCUT2D eigenvalue weighted by Crippen LogP contribution is 2.12. The standard InChI is InChI=1S/C18H23BO/c1-3-5-15-19(16-11-7-6-8-12-16)17-13-9-10-14-18(17)20-4-2/h6-14H,3-5,15H2,1-2H3. The maximum Gasteiger partial charge on any atom is 0.214 e. The molecule has 0 saturated carbocycles. The van der Waals surface area contributed by atoms with Crippen molar-refractivity contribution in [3.63, 3.8) is 0 Å². The normalized spacial score (nSPS) is 10.3. The summed E-state index contributed by atoms with van der Waals surface area (Å²) in [5, 5.41) is 0. The van der Waals surface area contributed by atoms with E-state index in [1.54, 1.807) is 0 Å². The zero-order chi connectivity index (χ0) is 14.2. The van der Waals surface area contributed by atoms with Crippen molar-refractivity contribution >= 4 is 17.6 Å². The van der Waals surface area contributed by atoms with Crippen LogP contribution in [0.5, 0.6) is 5.75 Å². The smallest absolute Gasteiger partial charge is 0.214 e. The van der Waals surface area contributed by atoms with Crippen LogP contribution >= 0.6 is 0 Å². The predicted octanol–water partition coefficient (Wildman–Crippen LogP) is 3.49. The Hall–Kier alpha value is -1.70. The number of para-hydroxylation sites is 1. The summed E-state index contributed by atoms with van der Waals surface area (Å²) in [5.41, 5.74) is 2.70. The minimum Gasteiger partial charge on any atom is -0.494 e. The first-order chi connectivity index (χ1) is 9.86. The summed E-state index contributed by atoms with van der Waals surface area (Å²) in [6, 6.07) is 19.2. The van der Waals surface area contributed by atoms with Crippen LogP contribution in [0.25, 0.3) is 0 Å². The summed E-state index contributed by atoms with van der Waals surface area (Å²) in [5.74, 6) is 1.03. The Balaban J connectivity index is 2.36. The van der Waals surface area contributed by atoms with E-state index in [0.717, 1.165) is 5.75 Å². The highest BCUT2D eigenvalue weighted by Gasteiger charge is 2.21. The van der Waals surface area contributed by atoms with E-state index < -0.39 is 0 Å². The lowest BCUT2D eigenvalue weighted by molar-refractivity contribution is 0.343. The van der Waals surface area contributed by atoms with E-state index in [9.17, 15) is 0 Å². The summed E-state index contributed by atoms with van der Waals surface area (Å²) in [4.78, 5) is 0. The summed E-state index contributed by atoms with van der Waals surface area (Å²) in [6.45, 7) is 5.43. The van der Waals surface area contributed by atoms with Crippen molar-refractivity contribution in [2.24, 2.45) is 0 Å². The molecule has 0 radical (unpaired) electrons. The van der Waals surface area contributed by atoms with E-state index in [1.165, 1.54) is 30.1 Å². The molecule has 0 saturated heterocycles. The molecule has 0 aliphatic carbocycles. The van der Waals surface area contributed by atoms with Gasteiger partial charge < -0.3 is 4.74 Å². The number of hydrogen-bond donors (Lipinski definition) is 0. The Morgan fingerprint density at radius 2 is 1.60 bits per heavy atom. The van der Waals surface area contributed by atoms with Gasteiger partial charge in [0.1, 0.15) is 5.75 Å². The molecule has 0 unspecified atom stereocenters. The molecule has 0 amide bonds. The second kappa shape index (κ2) is 7.79. The lowest BCUT2D eigenvalue weighted by atomic mass is 9.38. The van der Waals surface area contributed by atoms with Crippen LogP contribution in [0.15, 0.2) is 54.6 Å². The van der Waals surface area contributed by atoms with Gasteiger partial charge in [0.05, 0.1) is 6.61 Å². The molecule has 0 aromatic heterocycles. The average molecular weight is 266 g/mol. The molecular weight excluding hydrogens is 243 g/mol. The van der Waals surface area contributed by atoms with E-state index >= 15 is 0 Å². The first kappa shape index (κ1) is 14.7. The molecule has 0 N–H and O–H groups in total. The van der Waals surface area contributed by atoms with Gasteiger partial charge in [-0.3, -0.25) is 0 Å². The average Bonchev–Trinajstić information content (AvgIpc) is 2.50. The van der Waals surface area contributed by atoms with Crippen LogP contribution in [0.4, 0.5) is 0 Å². The van der Waals surface area contributed by atoms with Gasteiger partial charge in [-0.15, -0.1) is 0 Å². The van der Waals surface area contributed by atoms with Crippen molar-refractivity contribution in [2.45, 2.75) is 33.0 Å². The summed E-state index contributed by atoms with van der Waals surface area (Å²) in [7, 11) is 0. The largest absolute Gasteiger partial charge is 0.494 e. The molecule has 0 atom stereocenters. The Labute approximate surface area is 123 Å². The lowest BCUT2D eigenvalue weighted by Gasteiger charge is -2.18. The van der Waals surface area contributed by atoms with Gasteiger partial charge in [0.2, 0.25) is 6.71 Å². The van der Waals surface area contributed by atoms with Crippen molar-refractivity contribution < 1.29 is 4.74 Å². The molecule has 0 fully saturated rings. The monoisotopic (exact) mass is 266 g/mol. The number of unbranched alkanes of at least 4 members (excludes halogenated alkanes) is 1. The lowest BCUT2D eigenvalue weighted by Crippen LogP contribution is -2.42. The third kappa shape index (κ3) is 3.66. The molecule has 2 rings (SSSR count). The van der Waals surface area contributed by atoms with E-state index in [0.29, 0.717) is 13.3 Å². The molecule has 1 nitrogen and oxygen atoms in total. The number of ether oxygens (including phenoxy) is 1. The fourth-order valence-electron chi connectivity index (χ4n) is 2.65. The highest BCUT2D eigenvalue weighted by molar-refractivity contribution is 6.85. The summed E-state index contributed by atoms with van der Waals surface area (Å²) < 4.78 is 5.82. The first-order valence-corrected chi connectivity index (χ1v) is 7.63. The van der Waals surface area contributed by atoms with E-state index in [1.807, 2.05) is 6.92 Å². The molecule has 0 aliphatic heterocycles. The van der Waals surface area contributed by atoms with Crippen LogP contribution in [-0.2, 0) is 0 Å². The van der Waals surface area contributed by atoms with E-state index in [-0.39, 0.29) is 0 Å². The van der Waals surface area contributed by atoms with Gasteiger partial charge in [-0.2, -0.15) is 0 Å². The quantitative estimate of drug-likeness (QED) is 0.697. The second-order valence-corrected chi connectivity index (χ2v) is 5.08. The maximum atomic E-state index is 5.82. The zero-order valence-corrected chi connectivity index (χ0v) is 12.5. The van der Waals surface area contributed by atoms with Crippen molar-refractivity contribution in [1.29, 1.82) is 0 Å². The number of rotatable bonds is 7. The topological polar surface area (TPSA) is 9.23 Å². The number of hydrogen-bond acceptors (Lipinski definition) is 1. The van der Waals surface area contributed by atoms with Crippen molar-refractivity contribution in [3.8, 4) is 5.75 Å². The number of benzene rings is 2. The molecule has 2 aromatic carbocycles. The molecule has 20 heavy (non-hydrogen) atoms. The summed E-state index contributed by atoms with van der Waals surface area (Å²) in [6.07, 6.45) is 3.63. The second-order valence-electron chi connectivity index (χ2n) is 5.08. The third-order valence-electron chi connectivity index (χ3n) is 3.64. The molecular formula is C18H23BO. The molecule has 0 aliphatic rings. The molecule has 0 heterocycles. The van der Waals surface area contributed by atoms with E-state index in [2.05, 4.69) is 61.5 Å². The Morgan fingerprint density at radius 1 is 0.900 bits per heavy atom. The SMILES string of the molecule is CCCCB(c1ccccc1)c1ccccc1OCC. The molecule has 0 bridgehead atoms. The fourth-order valence-corrected chi connectivity index (χ4v) is 2.65. The maximum absolute atomic E-state index is 5.82. The van der Waals surface area contributed by atoms with Crippen LogP contribution in [-0.4, -0.2) is 13.3 Å². The van der Waals surface area contributed by atoms with Crippen LogP contribution in [0.3, 0.4) is 0 Å². The molecule has 2 aromatic rings. The van der Waals surface area contributed by atoms with Crippen LogP contribution < -0.4 is 15.7 Å². The van der Waals surface area contributed by atoms with Crippen molar-refractivity contribution in [2.75, 3.05) is 6.61 Å². The molecule has 104 valence electrons. The van der Waals surface area contributed by atoms with Gasteiger partial charge in [0.15, 0.2) is 0 Å². The van der Waals surface area contributed by atoms with E-state index in [4.69, 9.17) is 4.74 Å². The van der Waals surface area contributed by atoms with Crippen LogP contribution in [0, 0.1) is 0 Å². The minimum atomic E-state index is 0.430. The first-order valence-electron chi connectivity index (χ1n) is 7.63. The van der Waals surface area contributed by atoms with Crippen LogP contribution in [0.2, 0.25) is 6.32 Å². The Kier molecular flexibility index (Phi) is 5.73. The van der Waals surface area contributed by atoms with Gasteiger partial charge in [-0.25, -0.2) is 0 Å². The predicted molar refractivity (Wildman–Crippen MR) is 88.8 cm³/mol. The molecule has 2 heteroatoms. The van der Waals surface area contributed by atoms with Gasteiger partial charge >= 0.3 is 0 Å². The van der Waals surface area contributed by atoms with Crippen molar-refractivity contribution in [1.82, 2.24) is 0 Å².